The van der Waals surface area contributed by atoms with Crippen molar-refractivity contribution in [3.63, 3.8) is 0 Å². The van der Waals surface area contributed by atoms with Crippen LogP contribution in [0.3, 0.4) is 0 Å². The number of nitrogens with zero attached hydrogens (tertiary/aromatic N) is 5. The number of rotatable bonds is 5. The zero-order chi connectivity index (χ0) is 28.7. The first-order valence-electron chi connectivity index (χ1n) is 12.6. The first-order chi connectivity index (χ1) is 18.2. The average Bonchev–Trinajstić information content (AvgIpc) is 3.07. The quantitative estimate of drug-likeness (QED) is 0.489. The van der Waals surface area contributed by atoms with Crippen LogP contribution in [0.4, 0.5) is 18.0 Å². The monoisotopic (exact) mass is 544 g/mol. The van der Waals surface area contributed by atoms with Crippen molar-refractivity contribution in [2.45, 2.75) is 65.0 Å². The minimum absolute atomic E-state index is 0.0363. The molecule has 0 saturated carbocycles. The molecule has 0 unspecified atom stereocenters. The number of piperidine rings is 1. The zero-order valence-electron chi connectivity index (χ0n) is 22.2. The third-order valence-electron chi connectivity index (χ3n) is 6.90. The van der Waals surface area contributed by atoms with E-state index in [9.17, 15) is 28.0 Å². The van der Waals surface area contributed by atoms with Crippen molar-refractivity contribution in [3.8, 4) is 17.3 Å². The van der Waals surface area contributed by atoms with Gasteiger partial charge >= 0.3 is 18.0 Å². The van der Waals surface area contributed by atoms with Gasteiger partial charge in [0.05, 0.1) is 22.8 Å². The number of carbonyl (C=O) groups is 1. The summed E-state index contributed by atoms with van der Waals surface area (Å²) >= 11 is 0. The van der Waals surface area contributed by atoms with Gasteiger partial charge in [-0.2, -0.15) is 18.4 Å². The summed E-state index contributed by atoms with van der Waals surface area (Å²) in [6, 6.07) is 7.85. The molecule has 2 atom stereocenters. The Bertz CT molecular complexity index is 1500. The summed E-state index contributed by atoms with van der Waals surface area (Å²) in [5, 5.41) is 20.8. The van der Waals surface area contributed by atoms with Crippen LogP contribution in [-0.4, -0.2) is 55.0 Å². The van der Waals surface area contributed by atoms with Gasteiger partial charge in [-0.1, -0.05) is 26.8 Å². The molecule has 3 heterocycles. The highest BCUT2D eigenvalue weighted by Gasteiger charge is 2.47. The van der Waals surface area contributed by atoms with Gasteiger partial charge in [-0.25, -0.2) is 14.6 Å². The van der Waals surface area contributed by atoms with Crippen molar-refractivity contribution in [2.75, 3.05) is 6.54 Å². The lowest BCUT2D eigenvalue weighted by atomic mass is 9.95. The number of fused-ring (bicyclic) bond motifs is 1. The Labute approximate surface area is 223 Å². The Morgan fingerprint density at radius 3 is 2.56 bits per heavy atom. The van der Waals surface area contributed by atoms with E-state index in [0.29, 0.717) is 40.1 Å². The molecule has 1 aliphatic rings. The van der Waals surface area contributed by atoms with Crippen LogP contribution in [0.1, 0.15) is 44.7 Å². The van der Waals surface area contributed by atoms with E-state index in [2.05, 4.69) is 16.4 Å². The number of alkyl halides is 3. The molecular weight excluding hydrogens is 513 g/mol. The minimum atomic E-state index is -4.54. The maximum absolute atomic E-state index is 13.9. The molecule has 0 spiro atoms. The Morgan fingerprint density at radius 2 is 1.95 bits per heavy atom. The normalized spacial score (nSPS) is 18.7. The second-order valence-electron chi connectivity index (χ2n) is 11.2. The predicted molar refractivity (Wildman–Crippen MR) is 139 cm³/mol. The highest BCUT2D eigenvalue weighted by Crippen LogP contribution is 2.34. The third-order valence-corrected chi connectivity index (χ3v) is 6.90. The lowest BCUT2D eigenvalue weighted by Gasteiger charge is -2.40. The number of halogens is 3. The molecule has 1 fully saturated rings. The number of hydrogen-bond donors (Lipinski definition) is 2. The van der Waals surface area contributed by atoms with E-state index < -0.39 is 24.4 Å². The zero-order valence-corrected chi connectivity index (χ0v) is 22.2. The molecule has 2 aromatic heterocycles. The fraction of sp³-hybridized carbons (Fsp3) is 0.481. The molecule has 12 heteroatoms. The van der Waals surface area contributed by atoms with Gasteiger partial charge in [0.1, 0.15) is 6.04 Å². The number of aryl methyl sites for hydroxylation is 1. The van der Waals surface area contributed by atoms with Crippen LogP contribution in [-0.2, 0) is 20.1 Å². The van der Waals surface area contributed by atoms with Gasteiger partial charge < -0.3 is 10.4 Å². The largest absolute Gasteiger partial charge is 0.465 e. The number of nitriles is 1. The molecular formula is C27H31F3N6O3. The third kappa shape index (κ3) is 6.09. The Hall–Kier alpha value is -3.85. The molecule has 3 aromatic rings. The van der Waals surface area contributed by atoms with Crippen molar-refractivity contribution < 1.29 is 23.1 Å². The lowest BCUT2D eigenvalue weighted by Crippen LogP contribution is -2.54. The van der Waals surface area contributed by atoms with Crippen molar-refractivity contribution in [1.82, 2.24) is 24.3 Å². The summed E-state index contributed by atoms with van der Waals surface area (Å²) in [4.78, 5) is 29.8. The molecule has 1 aliphatic heterocycles. The topological polar surface area (TPSA) is 116 Å². The van der Waals surface area contributed by atoms with E-state index in [1.807, 2.05) is 20.8 Å². The molecule has 39 heavy (non-hydrogen) atoms. The molecule has 0 radical (unpaired) electrons. The molecule has 1 amide bonds. The lowest BCUT2D eigenvalue weighted by molar-refractivity contribution is -0.194. The van der Waals surface area contributed by atoms with Gasteiger partial charge in [-0.15, -0.1) is 0 Å². The first kappa shape index (κ1) is 28.2. The van der Waals surface area contributed by atoms with Crippen LogP contribution in [0.25, 0.3) is 22.4 Å². The van der Waals surface area contributed by atoms with Gasteiger partial charge in [0.25, 0.3) is 0 Å². The van der Waals surface area contributed by atoms with Crippen molar-refractivity contribution >= 4 is 17.3 Å². The molecule has 0 aliphatic carbocycles. The van der Waals surface area contributed by atoms with E-state index in [-0.39, 0.29) is 37.0 Å². The number of hydrogen-bond acceptors (Lipinski definition) is 5. The number of imidazole rings is 1. The summed E-state index contributed by atoms with van der Waals surface area (Å²) in [5.41, 5.74) is 2.50. The Morgan fingerprint density at radius 1 is 1.23 bits per heavy atom. The number of nitrogens with one attached hydrogen (secondary N) is 1. The summed E-state index contributed by atoms with van der Waals surface area (Å²) in [6.45, 7) is 6.59. The van der Waals surface area contributed by atoms with Crippen LogP contribution >= 0.6 is 0 Å². The molecule has 1 saturated heterocycles. The van der Waals surface area contributed by atoms with Gasteiger partial charge in [0.15, 0.2) is 5.65 Å². The minimum Gasteiger partial charge on any atom is -0.465 e. The van der Waals surface area contributed by atoms with Crippen molar-refractivity contribution in [2.24, 2.45) is 12.5 Å². The second-order valence-corrected chi connectivity index (χ2v) is 11.2. The number of amides is 1. The van der Waals surface area contributed by atoms with E-state index in [4.69, 9.17) is 5.11 Å². The number of aromatic nitrogens is 3. The molecule has 0 bridgehead atoms. The Kier molecular flexibility index (Phi) is 7.49. The van der Waals surface area contributed by atoms with E-state index in [0.717, 1.165) is 0 Å². The van der Waals surface area contributed by atoms with Crippen LogP contribution in [0.15, 0.2) is 35.1 Å². The maximum atomic E-state index is 13.9. The molecule has 9 nitrogen and oxygen atoms in total. The molecule has 2 N–H and O–H groups in total. The van der Waals surface area contributed by atoms with E-state index in [1.54, 1.807) is 41.9 Å². The summed E-state index contributed by atoms with van der Waals surface area (Å²) in [6.07, 6.45) is -6.01. The number of pyridine rings is 1. The highest BCUT2D eigenvalue weighted by molar-refractivity contribution is 5.78. The fourth-order valence-electron chi connectivity index (χ4n) is 5.13. The van der Waals surface area contributed by atoms with E-state index >= 15 is 0 Å². The molecule has 4 rings (SSSR count). The van der Waals surface area contributed by atoms with Crippen LogP contribution < -0.4 is 11.0 Å². The van der Waals surface area contributed by atoms with Crippen LogP contribution in [0, 0.1) is 16.7 Å². The maximum Gasteiger partial charge on any atom is 0.404 e. The van der Waals surface area contributed by atoms with Gasteiger partial charge in [-0.3, -0.25) is 14.0 Å². The van der Waals surface area contributed by atoms with Gasteiger partial charge in [0.2, 0.25) is 0 Å². The molecule has 208 valence electrons. The summed E-state index contributed by atoms with van der Waals surface area (Å²) < 4.78 is 44.8. The van der Waals surface area contributed by atoms with Gasteiger partial charge in [0, 0.05) is 38.3 Å². The van der Waals surface area contributed by atoms with Crippen molar-refractivity contribution in [1.29, 1.82) is 5.26 Å². The van der Waals surface area contributed by atoms with Crippen molar-refractivity contribution in [3.05, 3.63) is 51.9 Å². The number of benzene rings is 1. The predicted octanol–water partition coefficient (Wildman–Crippen LogP) is 4.48. The first-order valence-corrected chi connectivity index (χ1v) is 12.6. The fourth-order valence-corrected chi connectivity index (χ4v) is 5.13. The standard InChI is InChI=1S/C27H31F3N6O3/c1-26(2,3)15-36-21-8-7-20(33-23(21)34(4)25(36)39)19-11-16(5-6-17(19)13-31)14-35-10-9-18(32-24(37)38)12-22(35)27(28,29)30/h5-8,11,18,22,32H,9-10,12,14-15H2,1-4H3,(H,37,38)/t18-,22+/m0/s1. The summed E-state index contributed by atoms with van der Waals surface area (Å²) in [5.74, 6) is 0. The van der Waals surface area contributed by atoms with Gasteiger partial charge in [-0.05, 0) is 48.1 Å². The number of carboxylic acid groups (broad SMARTS) is 1. The van der Waals surface area contributed by atoms with E-state index in [1.165, 1.54) is 9.47 Å². The smallest absolute Gasteiger partial charge is 0.404 e. The SMILES string of the molecule is Cn1c(=O)n(CC(C)(C)C)c2ccc(-c3cc(CN4CC[C@H](NC(=O)O)C[C@@H]4C(F)(F)F)ccc3C#N)nc21. The average molecular weight is 545 g/mol. The second kappa shape index (κ2) is 10.4. The summed E-state index contributed by atoms with van der Waals surface area (Å²) in [7, 11) is 1.63. The number of likely N-dealkylation sites (tertiary alicyclic amines) is 1. The molecule has 1 aromatic carbocycles. The highest BCUT2D eigenvalue weighted by atomic mass is 19.4. The van der Waals surface area contributed by atoms with Crippen LogP contribution in [0.5, 0.6) is 0 Å². The Balaban J connectivity index is 1.68. The van der Waals surface area contributed by atoms with Crippen LogP contribution in [0.2, 0.25) is 0 Å².